The minimum absolute atomic E-state index is 0.0426. The van der Waals surface area contributed by atoms with E-state index in [0.29, 0.717) is 24.3 Å². The maximum absolute atomic E-state index is 12.1. The number of hydrogen-bond donors (Lipinski definition) is 1. The average molecular weight is 284 g/mol. The van der Waals surface area contributed by atoms with Crippen molar-refractivity contribution in [3.63, 3.8) is 0 Å². The van der Waals surface area contributed by atoms with Gasteiger partial charge in [-0.15, -0.1) is 0 Å². The van der Waals surface area contributed by atoms with E-state index >= 15 is 0 Å². The van der Waals surface area contributed by atoms with Gasteiger partial charge in [0.15, 0.2) is 0 Å². The van der Waals surface area contributed by atoms with Crippen LogP contribution in [0.2, 0.25) is 0 Å². The summed E-state index contributed by atoms with van der Waals surface area (Å²) in [6.07, 6.45) is 1.10. The lowest BCUT2D eigenvalue weighted by Gasteiger charge is -2.19. The van der Waals surface area contributed by atoms with E-state index in [2.05, 4.69) is 4.72 Å². The summed E-state index contributed by atoms with van der Waals surface area (Å²) in [5.41, 5.74) is 1.79. The molecular weight excluding hydrogens is 264 g/mol. The molecule has 0 atom stereocenters. The largest absolute Gasteiger partial charge is 0.339 e. The van der Waals surface area contributed by atoms with Gasteiger partial charge < -0.3 is 4.90 Å². The van der Waals surface area contributed by atoms with E-state index in [1.165, 1.54) is 0 Å². The molecule has 0 aromatic heterocycles. The smallest absolute Gasteiger partial charge is 0.253 e. The van der Waals surface area contributed by atoms with Crippen molar-refractivity contribution in [2.45, 2.75) is 20.8 Å². The van der Waals surface area contributed by atoms with Crippen LogP contribution in [0, 0.1) is 6.92 Å². The van der Waals surface area contributed by atoms with E-state index in [0.717, 1.165) is 11.8 Å². The molecule has 0 heterocycles. The Bertz CT molecular complexity index is 563. The molecule has 6 heteroatoms. The first kappa shape index (κ1) is 15.5. The van der Waals surface area contributed by atoms with Gasteiger partial charge in [-0.05, 0) is 44.5 Å². The summed E-state index contributed by atoms with van der Waals surface area (Å²) in [7, 11) is -3.30. The fraction of sp³-hybridized carbons (Fsp3) is 0.462. The summed E-state index contributed by atoms with van der Waals surface area (Å²) in [5, 5.41) is 0. The molecule has 0 unspecified atom stereocenters. The molecule has 0 aliphatic carbocycles. The van der Waals surface area contributed by atoms with Crippen LogP contribution in [0.5, 0.6) is 0 Å². The van der Waals surface area contributed by atoms with Crippen LogP contribution >= 0.6 is 0 Å². The molecule has 1 N–H and O–H groups in total. The maximum Gasteiger partial charge on any atom is 0.253 e. The number of rotatable bonds is 5. The van der Waals surface area contributed by atoms with Crippen LogP contribution < -0.4 is 4.72 Å². The Balaban J connectivity index is 3.03. The third kappa shape index (κ3) is 4.24. The number of anilines is 1. The second-order valence-electron chi connectivity index (χ2n) is 4.38. The number of amides is 1. The monoisotopic (exact) mass is 284 g/mol. The van der Waals surface area contributed by atoms with Gasteiger partial charge in [-0.25, -0.2) is 8.42 Å². The Morgan fingerprint density at radius 3 is 2.26 bits per heavy atom. The maximum atomic E-state index is 12.1. The topological polar surface area (TPSA) is 66.5 Å². The first-order valence-corrected chi connectivity index (χ1v) is 8.05. The summed E-state index contributed by atoms with van der Waals surface area (Å²) in [5.74, 6) is -0.0426. The van der Waals surface area contributed by atoms with E-state index < -0.39 is 10.0 Å². The fourth-order valence-electron chi connectivity index (χ4n) is 1.80. The van der Waals surface area contributed by atoms with Crippen molar-refractivity contribution in [3.8, 4) is 0 Å². The highest BCUT2D eigenvalue weighted by Crippen LogP contribution is 2.18. The molecule has 0 saturated carbocycles. The second kappa shape index (κ2) is 6.06. The van der Waals surface area contributed by atoms with Crippen LogP contribution in [0.25, 0.3) is 0 Å². The van der Waals surface area contributed by atoms with E-state index in [9.17, 15) is 13.2 Å². The first-order chi connectivity index (χ1) is 8.78. The third-order valence-electron chi connectivity index (χ3n) is 2.82. The predicted molar refractivity (Wildman–Crippen MR) is 76.9 cm³/mol. The van der Waals surface area contributed by atoms with Gasteiger partial charge in [-0.3, -0.25) is 9.52 Å². The fourth-order valence-corrected chi connectivity index (χ4v) is 2.43. The van der Waals surface area contributed by atoms with Gasteiger partial charge in [0.1, 0.15) is 0 Å². The van der Waals surface area contributed by atoms with Crippen molar-refractivity contribution in [1.29, 1.82) is 0 Å². The normalized spacial score (nSPS) is 11.2. The molecule has 1 amide bonds. The van der Waals surface area contributed by atoms with Crippen molar-refractivity contribution < 1.29 is 13.2 Å². The van der Waals surface area contributed by atoms with E-state index in [4.69, 9.17) is 0 Å². The second-order valence-corrected chi connectivity index (χ2v) is 6.13. The molecule has 19 heavy (non-hydrogen) atoms. The molecule has 5 nitrogen and oxygen atoms in total. The lowest BCUT2D eigenvalue weighted by molar-refractivity contribution is 0.0773. The van der Waals surface area contributed by atoms with Crippen molar-refractivity contribution >= 4 is 21.6 Å². The number of benzene rings is 1. The highest BCUT2D eigenvalue weighted by Gasteiger charge is 2.14. The molecule has 0 radical (unpaired) electrons. The highest BCUT2D eigenvalue weighted by atomic mass is 32.2. The number of nitrogens with zero attached hydrogens (tertiary/aromatic N) is 1. The van der Waals surface area contributed by atoms with Crippen molar-refractivity contribution in [3.05, 3.63) is 29.3 Å². The van der Waals surface area contributed by atoms with Crippen LogP contribution in [0.3, 0.4) is 0 Å². The Morgan fingerprint density at radius 2 is 1.84 bits per heavy atom. The standard InChI is InChI=1S/C13H20N2O3S/c1-5-15(6-2)13(16)11-7-8-12(10(3)9-11)14-19(4,17)18/h7-9,14H,5-6H2,1-4H3. The van der Waals surface area contributed by atoms with Gasteiger partial charge >= 0.3 is 0 Å². The molecule has 1 aromatic rings. The van der Waals surface area contributed by atoms with Gasteiger partial charge in [-0.2, -0.15) is 0 Å². The number of aryl methyl sites for hydroxylation is 1. The lowest BCUT2D eigenvalue weighted by atomic mass is 10.1. The Labute approximate surface area is 114 Å². The molecule has 1 aromatic carbocycles. The number of carbonyl (C=O) groups is 1. The zero-order chi connectivity index (χ0) is 14.6. The molecule has 0 aliphatic heterocycles. The number of hydrogen-bond acceptors (Lipinski definition) is 3. The molecule has 0 fully saturated rings. The first-order valence-electron chi connectivity index (χ1n) is 6.16. The predicted octanol–water partition coefficient (Wildman–Crippen LogP) is 1.85. The number of sulfonamides is 1. The molecule has 0 aliphatic rings. The summed E-state index contributed by atoms with van der Waals surface area (Å²) in [6, 6.07) is 4.96. The number of nitrogens with one attached hydrogen (secondary N) is 1. The average Bonchev–Trinajstić information content (AvgIpc) is 2.31. The highest BCUT2D eigenvalue weighted by molar-refractivity contribution is 7.92. The lowest BCUT2D eigenvalue weighted by Crippen LogP contribution is -2.30. The van der Waals surface area contributed by atoms with Gasteiger partial charge in [-0.1, -0.05) is 0 Å². The molecule has 0 saturated heterocycles. The van der Waals surface area contributed by atoms with Crippen LogP contribution in [0.1, 0.15) is 29.8 Å². The van der Waals surface area contributed by atoms with Gasteiger partial charge in [0.2, 0.25) is 10.0 Å². The van der Waals surface area contributed by atoms with Gasteiger partial charge in [0, 0.05) is 18.7 Å². The van der Waals surface area contributed by atoms with Gasteiger partial charge in [0.05, 0.1) is 11.9 Å². The SMILES string of the molecule is CCN(CC)C(=O)c1ccc(NS(C)(=O)=O)c(C)c1. The van der Waals surface area contributed by atoms with E-state index in [1.54, 1.807) is 30.0 Å². The zero-order valence-electron chi connectivity index (χ0n) is 11.7. The van der Waals surface area contributed by atoms with Crippen LogP contribution in [-0.2, 0) is 10.0 Å². The van der Waals surface area contributed by atoms with Crippen molar-refractivity contribution in [2.24, 2.45) is 0 Å². The third-order valence-corrected chi connectivity index (χ3v) is 3.41. The van der Waals surface area contributed by atoms with E-state index in [-0.39, 0.29) is 5.91 Å². The van der Waals surface area contributed by atoms with E-state index in [1.807, 2.05) is 13.8 Å². The Hall–Kier alpha value is -1.56. The van der Waals surface area contributed by atoms with Crippen LogP contribution in [0.15, 0.2) is 18.2 Å². The molecule has 0 bridgehead atoms. The molecular formula is C13H20N2O3S. The minimum Gasteiger partial charge on any atom is -0.339 e. The quantitative estimate of drug-likeness (QED) is 0.897. The summed E-state index contributed by atoms with van der Waals surface area (Å²) < 4.78 is 24.8. The molecule has 106 valence electrons. The zero-order valence-corrected chi connectivity index (χ0v) is 12.5. The summed E-state index contributed by atoms with van der Waals surface area (Å²) in [4.78, 5) is 13.9. The number of carbonyl (C=O) groups excluding carboxylic acids is 1. The molecule has 0 spiro atoms. The van der Waals surface area contributed by atoms with Crippen molar-refractivity contribution in [2.75, 3.05) is 24.1 Å². The van der Waals surface area contributed by atoms with Gasteiger partial charge in [0.25, 0.3) is 5.91 Å². The summed E-state index contributed by atoms with van der Waals surface area (Å²) in [6.45, 7) is 6.92. The van der Waals surface area contributed by atoms with Crippen LogP contribution in [-0.4, -0.2) is 38.6 Å². The summed E-state index contributed by atoms with van der Waals surface area (Å²) >= 11 is 0. The van der Waals surface area contributed by atoms with Crippen molar-refractivity contribution in [1.82, 2.24) is 4.90 Å². The molecule has 1 rings (SSSR count). The Morgan fingerprint density at radius 1 is 1.26 bits per heavy atom. The Kier molecular flexibility index (Phi) is 4.94. The minimum atomic E-state index is -3.30. The van der Waals surface area contributed by atoms with Crippen LogP contribution in [0.4, 0.5) is 5.69 Å².